The van der Waals surface area contributed by atoms with Crippen molar-refractivity contribution >= 4 is 6.29 Å². The van der Waals surface area contributed by atoms with Crippen molar-refractivity contribution in [3.63, 3.8) is 0 Å². The van der Waals surface area contributed by atoms with Crippen molar-refractivity contribution in [1.82, 2.24) is 9.78 Å². The lowest BCUT2D eigenvalue weighted by Gasteiger charge is -2.06. The number of hydrogen-bond donors (Lipinski definition) is 0. The molecule has 16 heavy (non-hydrogen) atoms. The van der Waals surface area contributed by atoms with E-state index in [1.807, 2.05) is 25.1 Å². The van der Waals surface area contributed by atoms with Crippen LogP contribution in [0.2, 0.25) is 0 Å². The zero-order chi connectivity index (χ0) is 11.5. The van der Waals surface area contributed by atoms with Gasteiger partial charge in [-0.05, 0) is 25.0 Å². The minimum Gasteiger partial charge on any atom is -0.298 e. The number of nitrogens with zero attached hydrogens (tertiary/aromatic N) is 2. The smallest absolute Gasteiger partial charge is 0.153 e. The van der Waals surface area contributed by atoms with E-state index in [9.17, 15) is 4.79 Å². The SMILES string of the molecule is CCc1ccccc1-n1cc(C=O)c(C)n1. The predicted molar refractivity (Wildman–Crippen MR) is 63.1 cm³/mol. The summed E-state index contributed by atoms with van der Waals surface area (Å²) >= 11 is 0. The zero-order valence-corrected chi connectivity index (χ0v) is 9.47. The molecule has 1 aromatic heterocycles. The van der Waals surface area contributed by atoms with Crippen LogP contribution in [-0.4, -0.2) is 16.1 Å². The number of carbonyl (C=O) groups is 1. The highest BCUT2D eigenvalue weighted by atomic mass is 16.1. The first-order valence-electron chi connectivity index (χ1n) is 5.36. The largest absolute Gasteiger partial charge is 0.298 e. The fraction of sp³-hybridized carbons (Fsp3) is 0.231. The molecular formula is C13H14N2O. The number of aromatic nitrogens is 2. The van der Waals surface area contributed by atoms with Crippen LogP contribution in [0.5, 0.6) is 0 Å². The highest BCUT2D eigenvalue weighted by molar-refractivity contribution is 5.76. The van der Waals surface area contributed by atoms with Gasteiger partial charge in [0.1, 0.15) is 0 Å². The summed E-state index contributed by atoms with van der Waals surface area (Å²) in [5.74, 6) is 0. The number of rotatable bonds is 3. The van der Waals surface area contributed by atoms with Gasteiger partial charge in [0.2, 0.25) is 0 Å². The van der Waals surface area contributed by atoms with E-state index in [0.717, 1.165) is 24.1 Å². The summed E-state index contributed by atoms with van der Waals surface area (Å²) in [6, 6.07) is 8.08. The minimum atomic E-state index is 0.644. The van der Waals surface area contributed by atoms with Gasteiger partial charge in [0.05, 0.1) is 16.9 Å². The maximum atomic E-state index is 10.8. The van der Waals surface area contributed by atoms with Crippen LogP contribution in [0.25, 0.3) is 5.69 Å². The third kappa shape index (κ3) is 1.76. The number of hydrogen-bond acceptors (Lipinski definition) is 2. The first-order valence-corrected chi connectivity index (χ1v) is 5.36. The second-order valence-corrected chi connectivity index (χ2v) is 3.71. The third-order valence-corrected chi connectivity index (χ3v) is 2.68. The van der Waals surface area contributed by atoms with Gasteiger partial charge in [-0.3, -0.25) is 4.79 Å². The van der Waals surface area contributed by atoms with Crippen molar-refractivity contribution in [2.45, 2.75) is 20.3 Å². The highest BCUT2D eigenvalue weighted by Crippen LogP contribution is 2.16. The lowest BCUT2D eigenvalue weighted by Crippen LogP contribution is -1.99. The summed E-state index contributed by atoms with van der Waals surface area (Å²) < 4.78 is 1.78. The van der Waals surface area contributed by atoms with E-state index in [4.69, 9.17) is 0 Å². The second-order valence-electron chi connectivity index (χ2n) is 3.71. The van der Waals surface area contributed by atoms with Crippen molar-refractivity contribution in [3.8, 4) is 5.69 Å². The van der Waals surface area contributed by atoms with Crippen LogP contribution in [0.1, 0.15) is 28.5 Å². The molecule has 82 valence electrons. The summed E-state index contributed by atoms with van der Waals surface area (Å²) in [7, 11) is 0. The molecule has 1 aromatic carbocycles. The normalized spacial score (nSPS) is 10.4. The molecule has 0 fully saturated rings. The predicted octanol–water partition coefficient (Wildman–Crippen LogP) is 2.56. The molecule has 0 unspecified atom stereocenters. The summed E-state index contributed by atoms with van der Waals surface area (Å²) in [5, 5.41) is 4.35. The van der Waals surface area contributed by atoms with Crippen LogP contribution < -0.4 is 0 Å². The maximum absolute atomic E-state index is 10.8. The number of para-hydroxylation sites is 1. The van der Waals surface area contributed by atoms with Gasteiger partial charge in [-0.2, -0.15) is 5.10 Å². The number of benzene rings is 1. The average Bonchev–Trinajstić information content (AvgIpc) is 2.70. The fourth-order valence-electron chi connectivity index (χ4n) is 1.75. The highest BCUT2D eigenvalue weighted by Gasteiger charge is 2.07. The Hall–Kier alpha value is -1.90. The van der Waals surface area contributed by atoms with Crippen molar-refractivity contribution in [1.29, 1.82) is 0 Å². The van der Waals surface area contributed by atoms with E-state index >= 15 is 0 Å². The molecule has 0 N–H and O–H groups in total. The van der Waals surface area contributed by atoms with Crippen LogP contribution in [-0.2, 0) is 6.42 Å². The number of aryl methyl sites for hydroxylation is 2. The Kier molecular flexibility index (Phi) is 2.86. The van der Waals surface area contributed by atoms with E-state index < -0.39 is 0 Å². The average molecular weight is 214 g/mol. The van der Waals surface area contributed by atoms with Gasteiger partial charge in [0.25, 0.3) is 0 Å². The molecule has 0 bridgehead atoms. The Morgan fingerprint density at radius 3 is 2.75 bits per heavy atom. The van der Waals surface area contributed by atoms with Gasteiger partial charge in [-0.15, -0.1) is 0 Å². The molecule has 0 amide bonds. The van der Waals surface area contributed by atoms with Crippen molar-refractivity contribution in [3.05, 3.63) is 47.3 Å². The summed E-state index contributed by atoms with van der Waals surface area (Å²) in [5.41, 5.74) is 3.68. The number of aldehydes is 1. The molecule has 2 rings (SSSR count). The van der Waals surface area contributed by atoms with Crippen molar-refractivity contribution in [2.24, 2.45) is 0 Å². The molecule has 0 radical (unpaired) electrons. The Morgan fingerprint density at radius 2 is 2.12 bits per heavy atom. The van der Waals surface area contributed by atoms with E-state index in [1.54, 1.807) is 10.9 Å². The van der Waals surface area contributed by atoms with Crippen LogP contribution >= 0.6 is 0 Å². The van der Waals surface area contributed by atoms with Crippen LogP contribution in [0.3, 0.4) is 0 Å². The first-order chi connectivity index (χ1) is 7.76. The number of carbonyl (C=O) groups excluding carboxylic acids is 1. The van der Waals surface area contributed by atoms with E-state index in [2.05, 4.69) is 18.1 Å². The fourth-order valence-corrected chi connectivity index (χ4v) is 1.75. The quantitative estimate of drug-likeness (QED) is 0.736. The molecule has 0 aliphatic heterocycles. The molecule has 0 saturated carbocycles. The molecule has 3 nitrogen and oxygen atoms in total. The summed E-state index contributed by atoms with van der Waals surface area (Å²) in [6.45, 7) is 3.95. The lowest BCUT2D eigenvalue weighted by atomic mass is 10.1. The van der Waals surface area contributed by atoms with Crippen molar-refractivity contribution < 1.29 is 4.79 Å². The molecule has 0 saturated heterocycles. The van der Waals surface area contributed by atoms with Gasteiger partial charge in [0, 0.05) is 6.20 Å². The Morgan fingerprint density at radius 1 is 1.38 bits per heavy atom. The Bertz CT molecular complexity index is 514. The minimum absolute atomic E-state index is 0.644. The van der Waals surface area contributed by atoms with Gasteiger partial charge >= 0.3 is 0 Å². The van der Waals surface area contributed by atoms with Gasteiger partial charge in [0.15, 0.2) is 6.29 Å². The first kappa shape index (κ1) is 10.6. The van der Waals surface area contributed by atoms with Crippen LogP contribution in [0, 0.1) is 6.92 Å². The van der Waals surface area contributed by atoms with Crippen LogP contribution in [0.4, 0.5) is 0 Å². The molecule has 0 spiro atoms. The standard InChI is InChI=1S/C13H14N2O/c1-3-11-6-4-5-7-13(11)15-8-12(9-16)10(2)14-15/h4-9H,3H2,1-2H3. The second kappa shape index (κ2) is 4.31. The molecular weight excluding hydrogens is 200 g/mol. The molecule has 0 aliphatic rings. The van der Waals surface area contributed by atoms with Gasteiger partial charge in [-0.1, -0.05) is 25.1 Å². The van der Waals surface area contributed by atoms with Gasteiger partial charge < -0.3 is 0 Å². The Labute approximate surface area is 94.7 Å². The molecule has 1 heterocycles. The zero-order valence-electron chi connectivity index (χ0n) is 9.47. The molecule has 3 heteroatoms. The summed E-state index contributed by atoms with van der Waals surface area (Å²) in [6.07, 6.45) is 3.57. The topological polar surface area (TPSA) is 34.9 Å². The third-order valence-electron chi connectivity index (χ3n) is 2.68. The molecule has 0 atom stereocenters. The van der Waals surface area contributed by atoms with E-state index in [0.29, 0.717) is 5.56 Å². The lowest BCUT2D eigenvalue weighted by molar-refractivity contribution is 0.112. The van der Waals surface area contributed by atoms with Crippen LogP contribution in [0.15, 0.2) is 30.5 Å². The van der Waals surface area contributed by atoms with Gasteiger partial charge in [-0.25, -0.2) is 4.68 Å². The maximum Gasteiger partial charge on any atom is 0.153 e. The summed E-state index contributed by atoms with van der Waals surface area (Å²) in [4.78, 5) is 10.8. The van der Waals surface area contributed by atoms with E-state index in [1.165, 1.54) is 5.56 Å². The Balaban J connectivity index is 2.53. The van der Waals surface area contributed by atoms with E-state index in [-0.39, 0.29) is 0 Å². The monoisotopic (exact) mass is 214 g/mol. The molecule has 2 aromatic rings. The van der Waals surface area contributed by atoms with Crippen molar-refractivity contribution in [2.75, 3.05) is 0 Å². The molecule has 0 aliphatic carbocycles.